The SMILES string of the molecule is CC(C)(C)OC(=O)N[C@@H](Cc1ccccc1)[C@H](O)CNCc1c(Cl)cccc1Oc1ccccc1. The summed E-state index contributed by atoms with van der Waals surface area (Å²) < 4.78 is 11.4. The molecule has 0 saturated heterocycles. The molecule has 0 aromatic heterocycles. The Morgan fingerprint density at radius 1 is 0.971 bits per heavy atom. The van der Waals surface area contributed by atoms with Crippen molar-refractivity contribution >= 4 is 17.7 Å². The van der Waals surface area contributed by atoms with Crippen LogP contribution in [0.5, 0.6) is 11.5 Å². The molecule has 2 atom stereocenters. The molecular weight excluding hydrogens is 464 g/mol. The number of hydrogen-bond acceptors (Lipinski definition) is 5. The molecule has 0 aliphatic heterocycles. The van der Waals surface area contributed by atoms with Crippen molar-refractivity contribution in [2.24, 2.45) is 0 Å². The predicted molar refractivity (Wildman–Crippen MR) is 139 cm³/mol. The minimum absolute atomic E-state index is 0.225. The van der Waals surface area contributed by atoms with Gasteiger partial charge in [-0.05, 0) is 57.0 Å². The zero-order valence-corrected chi connectivity index (χ0v) is 21.1. The van der Waals surface area contributed by atoms with Crippen LogP contribution in [0.25, 0.3) is 0 Å². The number of aliphatic hydroxyl groups excluding tert-OH is 1. The summed E-state index contributed by atoms with van der Waals surface area (Å²) in [6.07, 6.45) is -0.983. The first-order chi connectivity index (χ1) is 16.7. The summed E-state index contributed by atoms with van der Waals surface area (Å²) >= 11 is 6.46. The summed E-state index contributed by atoms with van der Waals surface area (Å²) in [6, 6.07) is 24.1. The summed E-state index contributed by atoms with van der Waals surface area (Å²) in [5.41, 5.74) is 1.14. The number of carbonyl (C=O) groups excluding carboxylic acids is 1. The maximum absolute atomic E-state index is 12.4. The van der Waals surface area contributed by atoms with Crippen molar-refractivity contribution in [3.05, 3.63) is 95.0 Å². The number of hydrogen-bond donors (Lipinski definition) is 3. The Bertz CT molecular complexity index is 1070. The highest BCUT2D eigenvalue weighted by molar-refractivity contribution is 6.31. The van der Waals surface area contributed by atoms with Gasteiger partial charge in [0.1, 0.15) is 17.1 Å². The van der Waals surface area contributed by atoms with E-state index in [1.807, 2.05) is 72.8 Å². The number of halogens is 1. The van der Waals surface area contributed by atoms with Crippen LogP contribution in [0, 0.1) is 0 Å². The first-order valence-corrected chi connectivity index (χ1v) is 12.0. The summed E-state index contributed by atoms with van der Waals surface area (Å²) in [4.78, 5) is 12.4. The van der Waals surface area contributed by atoms with Gasteiger partial charge in [-0.2, -0.15) is 0 Å². The fraction of sp³-hybridized carbons (Fsp3) is 0.321. The van der Waals surface area contributed by atoms with Crippen LogP contribution in [0.15, 0.2) is 78.9 Å². The monoisotopic (exact) mass is 496 g/mol. The van der Waals surface area contributed by atoms with E-state index in [0.29, 0.717) is 29.5 Å². The predicted octanol–water partition coefficient (Wildman–Crippen LogP) is 5.72. The molecule has 0 saturated carbocycles. The van der Waals surface area contributed by atoms with E-state index in [1.165, 1.54) is 0 Å². The van der Waals surface area contributed by atoms with Crippen molar-refractivity contribution in [2.45, 2.75) is 51.5 Å². The molecule has 0 fully saturated rings. The molecule has 7 heteroatoms. The minimum Gasteiger partial charge on any atom is -0.457 e. The van der Waals surface area contributed by atoms with Crippen molar-refractivity contribution in [2.75, 3.05) is 6.54 Å². The molecular formula is C28H33ClN2O4. The number of aliphatic hydroxyl groups is 1. The van der Waals surface area contributed by atoms with Gasteiger partial charge in [-0.15, -0.1) is 0 Å². The van der Waals surface area contributed by atoms with Crippen molar-refractivity contribution in [1.29, 1.82) is 0 Å². The quantitative estimate of drug-likeness (QED) is 0.334. The molecule has 3 rings (SSSR count). The number of rotatable bonds is 10. The Labute approximate surface area is 212 Å². The zero-order chi connectivity index (χ0) is 25.3. The maximum Gasteiger partial charge on any atom is 0.407 e. The van der Waals surface area contributed by atoms with Crippen LogP contribution in [0.4, 0.5) is 4.79 Å². The Morgan fingerprint density at radius 2 is 1.63 bits per heavy atom. The van der Waals surface area contributed by atoms with Crippen LogP contribution in [-0.4, -0.2) is 35.5 Å². The summed E-state index contributed by atoms with van der Waals surface area (Å²) in [6.45, 7) is 6.01. The smallest absolute Gasteiger partial charge is 0.407 e. The number of carbonyl (C=O) groups is 1. The molecule has 0 aliphatic rings. The Kier molecular flexibility index (Phi) is 9.55. The first kappa shape index (κ1) is 26.5. The van der Waals surface area contributed by atoms with E-state index in [2.05, 4.69) is 10.6 Å². The van der Waals surface area contributed by atoms with E-state index in [9.17, 15) is 9.90 Å². The fourth-order valence-corrected chi connectivity index (χ4v) is 3.75. The fourth-order valence-electron chi connectivity index (χ4n) is 3.52. The number of amides is 1. The normalized spacial score (nSPS) is 13.1. The van der Waals surface area contributed by atoms with Crippen LogP contribution in [-0.2, 0) is 17.7 Å². The molecule has 0 aliphatic carbocycles. The van der Waals surface area contributed by atoms with Gasteiger partial charge in [0.05, 0.1) is 12.1 Å². The lowest BCUT2D eigenvalue weighted by molar-refractivity contribution is 0.0422. The van der Waals surface area contributed by atoms with Crippen LogP contribution in [0.3, 0.4) is 0 Å². The van der Waals surface area contributed by atoms with E-state index in [1.54, 1.807) is 26.8 Å². The zero-order valence-electron chi connectivity index (χ0n) is 20.3. The van der Waals surface area contributed by atoms with Gasteiger partial charge in [0.2, 0.25) is 0 Å². The molecule has 3 N–H and O–H groups in total. The van der Waals surface area contributed by atoms with Gasteiger partial charge in [0.15, 0.2) is 0 Å². The van der Waals surface area contributed by atoms with E-state index < -0.39 is 23.8 Å². The molecule has 6 nitrogen and oxygen atoms in total. The number of para-hydroxylation sites is 1. The van der Waals surface area contributed by atoms with Gasteiger partial charge in [0, 0.05) is 23.7 Å². The van der Waals surface area contributed by atoms with Gasteiger partial charge in [-0.3, -0.25) is 0 Å². The molecule has 0 heterocycles. The third-order valence-electron chi connectivity index (χ3n) is 5.17. The van der Waals surface area contributed by atoms with E-state index in [4.69, 9.17) is 21.1 Å². The molecule has 0 unspecified atom stereocenters. The highest BCUT2D eigenvalue weighted by Gasteiger charge is 2.25. The molecule has 186 valence electrons. The van der Waals surface area contributed by atoms with Gasteiger partial charge in [-0.25, -0.2) is 4.79 Å². The van der Waals surface area contributed by atoms with E-state index in [-0.39, 0.29) is 6.54 Å². The van der Waals surface area contributed by atoms with Crippen molar-refractivity contribution < 1.29 is 19.4 Å². The average Bonchev–Trinajstić information content (AvgIpc) is 2.80. The van der Waals surface area contributed by atoms with Gasteiger partial charge in [-0.1, -0.05) is 66.2 Å². The van der Waals surface area contributed by atoms with Gasteiger partial charge < -0.3 is 25.2 Å². The molecule has 0 bridgehead atoms. The number of benzene rings is 3. The Morgan fingerprint density at radius 3 is 2.29 bits per heavy atom. The lowest BCUT2D eigenvalue weighted by Crippen LogP contribution is -2.49. The van der Waals surface area contributed by atoms with Crippen molar-refractivity contribution in [1.82, 2.24) is 10.6 Å². The van der Waals surface area contributed by atoms with E-state index in [0.717, 1.165) is 11.1 Å². The number of nitrogens with one attached hydrogen (secondary N) is 2. The average molecular weight is 497 g/mol. The molecule has 3 aromatic carbocycles. The van der Waals surface area contributed by atoms with Crippen molar-refractivity contribution in [3.8, 4) is 11.5 Å². The summed E-state index contributed by atoms with van der Waals surface area (Å²) in [5, 5.41) is 17.6. The Balaban J connectivity index is 1.65. The second-order valence-corrected chi connectivity index (χ2v) is 9.68. The second kappa shape index (κ2) is 12.6. The second-order valence-electron chi connectivity index (χ2n) is 9.27. The van der Waals surface area contributed by atoms with Gasteiger partial charge >= 0.3 is 6.09 Å². The van der Waals surface area contributed by atoms with Crippen LogP contribution >= 0.6 is 11.6 Å². The summed E-state index contributed by atoms with van der Waals surface area (Å²) in [7, 11) is 0. The van der Waals surface area contributed by atoms with Gasteiger partial charge in [0.25, 0.3) is 0 Å². The Hall–Kier alpha value is -3.06. The van der Waals surface area contributed by atoms with Crippen molar-refractivity contribution in [3.63, 3.8) is 0 Å². The standard InChI is InChI=1S/C28H33ClN2O4/c1-28(2,3)35-27(33)31-24(17-20-11-6-4-7-12-20)25(32)19-30-18-22-23(29)15-10-16-26(22)34-21-13-8-5-9-14-21/h4-16,24-25,30,32H,17-19H2,1-3H3,(H,31,33)/t24-,25+/m0/s1. The maximum atomic E-state index is 12.4. The van der Waals surface area contributed by atoms with Crippen LogP contribution in [0.1, 0.15) is 31.9 Å². The lowest BCUT2D eigenvalue weighted by atomic mass is 10.0. The first-order valence-electron chi connectivity index (χ1n) is 11.6. The number of alkyl carbamates (subject to hydrolysis) is 1. The topological polar surface area (TPSA) is 79.8 Å². The van der Waals surface area contributed by atoms with Crippen LogP contribution in [0.2, 0.25) is 5.02 Å². The molecule has 1 amide bonds. The van der Waals surface area contributed by atoms with E-state index >= 15 is 0 Å². The lowest BCUT2D eigenvalue weighted by Gasteiger charge is -2.27. The molecule has 0 spiro atoms. The third kappa shape index (κ3) is 8.91. The van der Waals surface area contributed by atoms with Crippen LogP contribution < -0.4 is 15.4 Å². The number of ether oxygens (including phenoxy) is 2. The molecule has 3 aromatic rings. The highest BCUT2D eigenvalue weighted by Crippen LogP contribution is 2.30. The molecule has 35 heavy (non-hydrogen) atoms. The molecule has 0 radical (unpaired) electrons. The minimum atomic E-state index is -0.872. The summed E-state index contributed by atoms with van der Waals surface area (Å²) in [5.74, 6) is 1.35. The third-order valence-corrected chi connectivity index (χ3v) is 5.52. The highest BCUT2D eigenvalue weighted by atomic mass is 35.5. The largest absolute Gasteiger partial charge is 0.457 e.